The summed E-state index contributed by atoms with van der Waals surface area (Å²) in [5, 5.41) is -0.227. The third kappa shape index (κ3) is 3.46. The van der Waals surface area contributed by atoms with Gasteiger partial charge in [0.05, 0.1) is 5.38 Å². The van der Waals surface area contributed by atoms with Crippen LogP contribution in [0.4, 0.5) is 13.2 Å². The zero-order chi connectivity index (χ0) is 10.8. The Labute approximate surface area is 84.4 Å². The van der Waals surface area contributed by atoms with Crippen LogP contribution in [0, 0.1) is 0 Å². The number of ether oxygens (including phenoxy) is 1. The molecule has 0 aliphatic rings. The highest BCUT2D eigenvalue weighted by Gasteiger charge is 2.30. The fourth-order valence-corrected chi connectivity index (χ4v) is 1.08. The van der Waals surface area contributed by atoms with E-state index >= 15 is 0 Å². The molecule has 0 N–H and O–H groups in total. The Hall–Kier alpha value is -0.900. The van der Waals surface area contributed by atoms with E-state index in [1.807, 2.05) is 0 Å². The number of hydrogen-bond donors (Lipinski definition) is 0. The van der Waals surface area contributed by atoms with Gasteiger partial charge in [-0.15, -0.1) is 24.8 Å². The molecule has 0 aliphatic carbocycles. The van der Waals surface area contributed by atoms with E-state index in [9.17, 15) is 13.2 Å². The zero-order valence-electron chi connectivity index (χ0n) is 7.31. The lowest BCUT2D eigenvalue weighted by atomic mass is 10.2. The molecule has 1 aromatic carbocycles. The first kappa shape index (κ1) is 11.2. The van der Waals surface area contributed by atoms with Crippen LogP contribution < -0.4 is 4.74 Å². The van der Waals surface area contributed by atoms with Crippen LogP contribution >= 0.6 is 11.6 Å². The first-order valence-electron chi connectivity index (χ1n) is 3.88. The minimum atomic E-state index is -4.64. The first-order valence-corrected chi connectivity index (χ1v) is 4.32. The van der Waals surface area contributed by atoms with Crippen LogP contribution in [0.15, 0.2) is 24.3 Å². The average Bonchev–Trinajstić information content (AvgIpc) is 2.02. The molecule has 1 aromatic rings. The molecule has 0 aliphatic heterocycles. The van der Waals surface area contributed by atoms with Gasteiger partial charge in [-0.1, -0.05) is 12.1 Å². The van der Waals surface area contributed by atoms with Crippen molar-refractivity contribution in [2.45, 2.75) is 18.7 Å². The van der Waals surface area contributed by atoms with E-state index in [4.69, 9.17) is 11.6 Å². The number of rotatable bonds is 2. The molecule has 0 saturated heterocycles. The van der Waals surface area contributed by atoms with Gasteiger partial charge in [-0.25, -0.2) is 0 Å². The van der Waals surface area contributed by atoms with Crippen molar-refractivity contribution in [2.24, 2.45) is 0 Å². The van der Waals surface area contributed by atoms with Crippen molar-refractivity contribution in [3.05, 3.63) is 29.8 Å². The predicted molar refractivity (Wildman–Crippen MR) is 47.4 cm³/mol. The van der Waals surface area contributed by atoms with Gasteiger partial charge in [0.2, 0.25) is 0 Å². The molecule has 14 heavy (non-hydrogen) atoms. The van der Waals surface area contributed by atoms with Gasteiger partial charge in [-0.3, -0.25) is 0 Å². The highest BCUT2D eigenvalue weighted by atomic mass is 35.5. The third-order valence-electron chi connectivity index (χ3n) is 1.57. The maximum absolute atomic E-state index is 11.8. The highest BCUT2D eigenvalue weighted by Crippen LogP contribution is 2.25. The second-order valence-corrected chi connectivity index (χ2v) is 3.39. The molecule has 0 radical (unpaired) electrons. The number of alkyl halides is 4. The van der Waals surface area contributed by atoms with Crippen LogP contribution in [0.25, 0.3) is 0 Å². The van der Waals surface area contributed by atoms with Crippen molar-refractivity contribution in [2.75, 3.05) is 0 Å². The van der Waals surface area contributed by atoms with Gasteiger partial charge in [-0.05, 0) is 24.6 Å². The molecule has 0 aromatic heterocycles. The fraction of sp³-hybridized carbons (Fsp3) is 0.333. The Morgan fingerprint density at radius 1 is 1.21 bits per heavy atom. The lowest BCUT2D eigenvalue weighted by Crippen LogP contribution is -2.17. The summed E-state index contributed by atoms with van der Waals surface area (Å²) in [7, 11) is 0. The molecule has 5 heteroatoms. The third-order valence-corrected chi connectivity index (χ3v) is 1.82. The number of benzene rings is 1. The van der Waals surface area contributed by atoms with Crippen LogP contribution in [0.3, 0.4) is 0 Å². The zero-order valence-corrected chi connectivity index (χ0v) is 8.06. The molecule has 1 rings (SSSR count). The summed E-state index contributed by atoms with van der Waals surface area (Å²) in [6.45, 7) is 1.74. The quantitative estimate of drug-likeness (QED) is 0.693. The summed E-state index contributed by atoms with van der Waals surface area (Å²) in [6, 6.07) is 5.47. The monoisotopic (exact) mass is 224 g/mol. The maximum Gasteiger partial charge on any atom is 0.573 e. The molecule has 0 fully saturated rings. The largest absolute Gasteiger partial charge is 0.573 e. The highest BCUT2D eigenvalue weighted by molar-refractivity contribution is 6.20. The Morgan fingerprint density at radius 3 is 2.07 bits per heavy atom. The standard InChI is InChI=1S/C9H8ClF3O/c1-6(10)7-2-4-8(5-3-7)14-9(11,12)13/h2-6H,1H3/t6-/m1/s1. The van der Waals surface area contributed by atoms with E-state index < -0.39 is 6.36 Å². The molecule has 78 valence electrons. The maximum atomic E-state index is 11.8. The SMILES string of the molecule is C[C@@H](Cl)c1ccc(OC(F)(F)F)cc1. The van der Waals surface area contributed by atoms with Gasteiger partial charge in [0.15, 0.2) is 0 Å². The van der Waals surface area contributed by atoms with Gasteiger partial charge >= 0.3 is 6.36 Å². The van der Waals surface area contributed by atoms with Crippen LogP contribution in [0.1, 0.15) is 17.9 Å². The van der Waals surface area contributed by atoms with Crippen molar-refractivity contribution < 1.29 is 17.9 Å². The summed E-state index contributed by atoms with van der Waals surface area (Å²) < 4.78 is 38.9. The smallest absolute Gasteiger partial charge is 0.406 e. The number of hydrogen-bond acceptors (Lipinski definition) is 1. The van der Waals surface area contributed by atoms with Crippen molar-refractivity contribution in [1.82, 2.24) is 0 Å². The fourth-order valence-electron chi connectivity index (χ4n) is 0.935. The Balaban J connectivity index is 2.74. The van der Waals surface area contributed by atoms with E-state index in [1.165, 1.54) is 24.3 Å². The minimum absolute atomic E-state index is 0.227. The van der Waals surface area contributed by atoms with Crippen molar-refractivity contribution in [3.63, 3.8) is 0 Å². The minimum Gasteiger partial charge on any atom is -0.406 e. The molecule has 0 spiro atoms. The second-order valence-electron chi connectivity index (χ2n) is 2.73. The summed E-state index contributed by atoms with van der Waals surface area (Å²) in [6.07, 6.45) is -4.64. The van der Waals surface area contributed by atoms with Crippen LogP contribution in [0.2, 0.25) is 0 Å². The number of halogens is 4. The summed E-state index contributed by atoms with van der Waals surface area (Å²) in [5.41, 5.74) is 0.751. The lowest BCUT2D eigenvalue weighted by molar-refractivity contribution is -0.274. The average molecular weight is 225 g/mol. The Morgan fingerprint density at radius 2 is 1.71 bits per heavy atom. The van der Waals surface area contributed by atoms with E-state index in [2.05, 4.69) is 4.74 Å². The molecule has 0 amide bonds. The van der Waals surface area contributed by atoms with Gasteiger partial charge in [0.1, 0.15) is 5.75 Å². The Bertz CT molecular complexity index is 292. The van der Waals surface area contributed by atoms with E-state index in [-0.39, 0.29) is 11.1 Å². The Kier molecular flexibility index (Phi) is 3.26. The van der Waals surface area contributed by atoms with Gasteiger partial charge in [0.25, 0.3) is 0 Å². The van der Waals surface area contributed by atoms with Crippen LogP contribution in [-0.2, 0) is 0 Å². The normalized spacial score (nSPS) is 13.8. The summed E-state index contributed by atoms with van der Waals surface area (Å²) >= 11 is 5.73. The van der Waals surface area contributed by atoms with Crippen LogP contribution in [-0.4, -0.2) is 6.36 Å². The molecule has 0 unspecified atom stereocenters. The van der Waals surface area contributed by atoms with E-state index in [1.54, 1.807) is 6.92 Å². The molecule has 0 bridgehead atoms. The van der Waals surface area contributed by atoms with Crippen molar-refractivity contribution >= 4 is 11.6 Å². The van der Waals surface area contributed by atoms with Gasteiger partial charge in [-0.2, -0.15) is 0 Å². The molecule has 1 atom stereocenters. The van der Waals surface area contributed by atoms with Gasteiger partial charge < -0.3 is 4.74 Å². The summed E-state index contributed by atoms with van der Waals surface area (Å²) in [5.74, 6) is -0.237. The molecule has 0 heterocycles. The van der Waals surface area contributed by atoms with E-state index in [0.717, 1.165) is 5.56 Å². The van der Waals surface area contributed by atoms with Gasteiger partial charge in [0, 0.05) is 0 Å². The van der Waals surface area contributed by atoms with Crippen molar-refractivity contribution in [1.29, 1.82) is 0 Å². The molecule has 1 nitrogen and oxygen atoms in total. The van der Waals surface area contributed by atoms with Crippen molar-refractivity contribution in [3.8, 4) is 5.75 Å². The topological polar surface area (TPSA) is 9.23 Å². The molecular formula is C9H8ClF3O. The molecular weight excluding hydrogens is 217 g/mol. The first-order chi connectivity index (χ1) is 6.38. The van der Waals surface area contributed by atoms with Crippen LogP contribution in [0.5, 0.6) is 5.75 Å². The summed E-state index contributed by atoms with van der Waals surface area (Å²) in [4.78, 5) is 0. The predicted octanol–water partition coefficient (Wildman–Crippen LogP) is 3.89. The lowest BCUT2D eigenvalue weighted by Gasteiger charge is -2.09. The second kappa shape index (κ2) is 4.09. The molecule has 0 saturated carbocycles. The van der Waals surface area contributed by atoms with E-state index in [0.29, 0.717) is 0 Å².